The molecule has 1 aliphatic heterocycles. The van der Waals surface area contributed by atoms with Crippen molar-refractivity contribution in [2.45, 2.75) is 44.4 Å². The maximum atomic E-state index is 13.4. The summed E-state index contributed by atoms with van der Waals surface area (Å²) in [7, 11) is -3.31. The van der Waals surface area contributed by atoms with Gasteiger partial charge in [0, 0.05) is 65.0 Å². The Balaban J connectivity index is 1.07. The van der Waals surface area contributed by atoms with Gasteiger partial charge < -0.3 is 9.72 Å². The molecular formula is C29H33ClN4O3S. The Morgan fingerprint density at radius 2 is 1.82 bits per heavy atom. The summed E-state index contributed by atoms with van der Waals surface area (Å²) < 4.78 is 34.4. The number of benzene rings is 1. The Hall–Kier alpha value is -2.68. The van der Waals surface area contributed by atoms with Crippen LogP contribution in [0.2, 0.25) is 5.02 Å². The molecule has 2 aliphatic rings. The molecular weight excluding hydrogens is 520 g/mol. The number of hydrogen-bond acceptors (Lipinski definition) is 5. The van der Waals surface area contributed by atoms with E-state index in [0.717, 1.165) is 60.7 Å². The van der Waals surface area contributed by atoms with Crippen LogP contribution < -0.4 is 4.74 Å². The molecule has 1 N–H and O–H groups in total. The summed E-state index contributed by atoms with van der Waals surface area (Å²) in [5, 5.41) is 4.08. The highest BCUT2D eigenvalue weighted by molar-refractivity contribution is 7.89. The smallest absolute Gasteiger partial charge is 0.214 e. The molecule has 1 saturated carbocycles. The Labute approximate surface area is 228 Å². The van der Waals surface area contributed by atoms with Gasteiger partial charge in [0.05, 0.1) is 12.4 Å². The highest BCUT2D eigenvalue weighted by atomic mass is 35.5. The van der Waals surface area contributed by atoms with E-state index in [1.165, 1.54) is 10.9 Å². The lowest BCUT2D eigenvalue weighted by molar-refractivity contribution is 0.179. The topological polar surface area (TPSA) is 88.2 Å². The number of fused-ring (bicyclic) bond motifs is 3. The molecule has 0 amide bonds. The molecule has 0 bridgehead atoms. The average molecular weight is 553 g/mol. The lowest BCUT2D eigenvalue weighted by Crippen LogP contribution is -2.43. The summed E-state index contributed by atoms with van der Waals surface area (Å²) in [5.41, 5.74) is 2.15. The predicted molar refractivity (Wildman–Crippen MR) is 151 cm³/mol. The van der Waals surface area contributed by atoms with Gasteiger partial charge in [-0.3, -0.25) is 4.98 Å². The van der Waals surface area contributed by atoms with Crippen LogP contribution in [0.3, 0.4) is 0 Å². The molecule has 1 aromatic carbocycles. The highest BCUT2D eigenvalue weighted by Crippen LogP contribution is 2.40. The van der Waals surface area contributed by atoms with Crippen molar-refractivity contribution in [2.75, 3.05) is 25.4 Å². The second kappa shape index (κ2) is 10.8. The molecule has 0 radical (unpaired) electrons. The molecule has 1 aliphatic carbocycles. The van der Waals surface area contributed by atoms with E-state index < -0.39 is 10.0 Å². The van der Waals surface area contributed by atoms with Crippen LogP contribution in [0, 0.1) is 11.8 Å². The van der Waals surface area contributed by atoms with E-state index in [1.807, 2.05) is 36.9 Å². The molecule has 2 fully saturated rings. The van der Waals surface area contributed by atoms with Crippen LogP contribution in [-0.4, -0.2) is 53.1 Å². The van der Waals surface area contributed by atoms with Gasteiger partial charge in [-0.25, -0.2) is 17.7 Å². The van der Waals surface area contributed by atoms with Crippen LogP contribution in [-0.2, 0) is 10.0 Å². The molecule has 7 nitrogen and oxygen atoms in total. The summed E-state index contributed by atoms with van der Waals surface area (Å²) in [4.78, 5) is 12.2. The fraction of sp³-hybridized carbons (Fsp3) is 0.448. The summed E-state index contributed by atoms with van der Waals surface area (Å²) in [6, 6.07) is 9.39. The first-order valence-corrected chi connectivity index (χ1v) is 15.5. The molecule has 9 heteroatoms. The number of aromatic nitrogens is 3. The van der Waals surface area contributed by atoms with Gasteiger partial charge in [0.1, 0.15) is 11.4 Å². The van der Waals surface area contributed by atoms with E-state index in [2.05, 4.69) is 21.0 Å². The van der Waals surface area contributed by atoms with E-state index in [1.54, 1.807) is 16.4 Å². The number of nitrogens with zero attached hydrogens (tertiary/aromatic N) is 3. The number of hydrogen-bond donors (Lipinski definition) is 1. The van der Waals surface area contributed by atoms with Crippen molar-refractivity contribution in [1.29, 1.82) is 0 Å². The van der Waals surface area contributed by atoms with E-state index >= 15 is 0 Å². The molecule has 0 spiro atoms. The number of H-pyrrole nitrogens is 1. The van der Waals surface area contributed by atoms with E-state index in [4.69, 9.17) is 16.3 Å². The molecule has 3 aromatic heterocycles. The van der Waals surface area contributed by atoms with Crippen molar-refractivity contribution in [1.82, 2.24) is 19.3 Å². The molecule has 4 heterocycles. The third-order valence-electron chi connectivity index (χ3n) is 8.24. The first-order valence-electron chi connectivity index (χ1n) is 13.5. The molecule has 1 unspecified atom stereocenters. The minimum Gasteiger partial charge on any atom is -0.493 e. The van der Waals surface area contributed by atoms with E-state index in [0.29, 0.717) is 30.6 Å². The number of ether oxygens (including phenoxy) is 1. The third kappa shape index (κ3) is 5.40. The summed E-state index contributed by atoms with van der Waals surface area (Å²) >= 11 is 5.95. The normalized spacial score (nSPS) is 23.1. The number of nitrogens with one attached hydrogen (secondary N) is 1. The second-order valence-corrected chi connectivity index (χ2v) is 13.3. The average Bonchev–Trinajstić information content (AvgIpc) is 3.42. The Morgan fingerprint density at radius 3 is 2.63 bits per heavy atom. The van der Waals surface area contributed by atoms with Gasteiger partial charge in [0.2, 0.25) is 10.0 Å². The van der Waals surface area contributed by atoms with Gasteiger partial charge in [0.15, 0.2) is 0 Å². The maximum absolute atomic E-state index is 13.4. The Bertz CT molecular complexity index is 1510. The maximum Gasteiger partial charge on any atom is 0.214 e. The highest BCUT2D eigenvalue weighted by Gasteiger charge is 2.33. The molecule has 38 heavy (non-hydrogen) atoms. The molecule has 200 valence electrons. The van der Waals surface area contributed by atoms with Gasteiger partial charge in [-0.15, -0.1) is 0 Å². The Kier molecular flexibility index (Phi) is 7.29. The van der Waals surface area contributed by atoms with Crippen molar-refractivity contribution < 1.29 is 13.2 Å². The zero-order chi connectivity index (χ0) is 26.1. The quantitative estimate of drug-likeness (QED) is 0.297. The van der Waals surface area contributed by atoms with Gasteiger partial charge in [-0.2, -0.15) is 0 Å². The molecule has 1 saturated heterocycles. The number of rotatable bonds is 7. The number of aromatic amines is 1. The molecule has 1 atom stereocenters. The lowest BCUT2D eigenvalue weighted by Gasteiger charge is -2.34. The molecule has 4 aromatic rings. The fourth-order valence-corrected chi connectivity index (χ4v) is 8.33. The number of halogens is 1. The van der Waals surface area contributed by atoms with Crippen LogP contribution in [0.1, 0.15) is 50.0 Å². The van der Waals surface area contributed by atoms with E-state index in [9.17, 15) is 8.42 Å². The van der Waals surface area contributed by atoms with Crippen molar-refractivity contribution >= 4 is 43.4 Å². The fourth-order valence-electron chi connectivity index (χ4n) is 6.22. The van der Waals surface area contributed by atoms with Crippen LogP contribution in [0.4, 0.5) is 0 Å². The zero-order valence-electron chi connectivity index (χ0n) is 21.4. The first-order chi connectivity index (χ1) is 18.5. The van der Waals surface area contributed by atoms with Crippen molar-refractivity contribution in [3.8, 4) is 5.75 Å². The van der Waals surface area contributed by atoms with Gasteiger partial charge in [-0.05, 0) is 86.3 Å². The van der Waals surface area contributed by atoms with Crippen molar-refractivity contribution in [3.63, 3.8) is 0 Å². The SMILES string of the molecule is O=S(=O)(CC1CCC(c2cncc3cnc4[nH]ccc4c23)CC1)N1CCCC(COc2ccc(Cl)cc2)C1. The van der Waals surface area contributed by atoms with Gasteiger partial charge >= 0.3 is 0 Å². The minimum absolute atomic E-state index is 0.193. The minimum atomic E-state index is -3.31. The van der Waals surface area contributed by atoms with Crippen LogP contribution >= 0.6 is 11.6 Å². The first kappa shape index (κ1) is 25.6. The number of sulfonamides is 1. The monoisotopic (exact) mass is 552 g/mol. The Morgan fingerprint density at radius 1 is 1.00 bits per heavy atom. The molecule has 6 rings (SSSR count). The zero-order valence-corrected chi connectivity index (χ0v) is 22.9. The van der Waals surface area contributed by atoms with Crippen molar-refractivity contribution in [3.05, 3.63) is 65.7 Å². The van der Waals surface area contributed by atoms with E-state index in [-0.39, 0.29) is 17.6 Å². The lowest BCUT2D eigenvalue weighted by atomic mass is 9.78. The van der Waals surface area contributed by atoms with Crippen molar-refractivity contribution in [2.24, 2.45) is 11.8 Å². The largest absolute Gasteiger partial charge is 0.493 e. The summed E-state index contributed by atoms with van der Waals surface area (Å²) in [6.07, 6.45) is 13.3. The van der Waals surface area contributed by atoms with Crippen LogP contribution in [0.5, 0.6) is 5.75 Å². The van der Waals surface area contributed by atoms with Gasteiger partial charge in [0.25, 0.3) is 0 Å². The van der Waals surface area contributed by atoms with Crippen LogP contribution in [0.15, 0.2) is 55.1 Å². The van der Waals surface area contributed by atoms with Crippen LogP contribution in [0.25, 0.3) is 21.8 Å². The summed E-state index contributed by atoms with van der Waals surface area (Å²) in [5.74, 6) is 1.78. The standard InChI is InChI=1S/C29H33ClN4O3S/c30-24-7-9-25(10-8-24)37-18-21-2-1-13-34(17-21)38(35,36)19-20-3-5-22(6-4-20)27-16-31-14-23-15-33-29-26(28(23)27)11-12-32-29/h7-12,14-16,20-22H,1-6,13,17-19H2,(H,32,33). The second-order valence-electron chi connectivity index (χ2n) is 10.8. The predicted octanol–water partition coefficient (Wildman–Crippen LogP) is 6.16. The number of pyridine rings is 2. The van der Waals surface area contributed by atoms with Gasteiger partial charge in [-0.1, -0.05) is 11.6 Å². The summed E-state index contributed by atoms with van der Waals surface area (Å²) in [6.45, 7) is 1.66. The third-order valence-corrected chi connectivity index (χ3v) is 10.5. The number of piperidine rings is 1.